The third-order valence-corrected chi connectivity index (χ3v) is 5.32. The standard InChI is InChI=1S/C20H14N4/c1-2-6-14-13(5-1)21-17-11-9-10-12(18(17)22-14)20-19(11)23-15-7-3-4-8-16(15)24-20/h1-8,11-12H,9-10H2. The summed E-state index contributed by atoms with van der Waals surface area (Å²) in [6.45, 7) is 0. The molecule has 0 unspecified atom stereocenters. The second-order valence-corrected chi connectivity index (χ2v) is 6.65. The molecule has 2 aromatic heterocycles. The summed E-state index contributed by atoms with van der Waals surface area (Å²) in [6.07, 6.45) is 2.18. The van der Waals surface area contributed by atoms with Crippen LogP contribution >= 0.6 is 0 Å². The Hall–Kier alpha value is -2.88. The van der Waals surface area contributed by atoms with E-state index in [0.717, 1.165) is 57.7 Å². The molecule has 4 aromatic rings. The van der Waals surface area contributed by atoms with Crippen LogP contribution in [0, 0.1) is 0 Å². The largest absolute Gasteiger partial charge is 0.249 e. The van der Waals surface area contributed by atoms with E-state index in [1.54, 1.807) is 0 Å². The van der Waals surface area contributed by atoms with Crippen molar-refractivity contribution >= 4 is 22.1 Å². The highest BCUT2D eigenvalue weighted by molar-refractivity contribution is 5.77. The third kappa shape index (κ3) is 1.53. The monoisotopic (exact) mass is 310 g/mol. The number of para-hydroxylation sites is 4. The van der Waals surface area contributed by atoms with Gasteiger partial charge in [0.15, 0.2) is 0 Å². The summed E-state index contributed by atoms with van der Waals surface area (Å²) in [4.78, 5) is 19.8. The van der Waals surface area contributed by atoms with Crippen LogP contribution in [0.15, 0.2) is 48.5 Å². The third-order valence-electron chi connectivity index (χ3n) is 5.32. The number of rotatable bonds is 0. The average Bonchev–Trinajstić information content (AvgIpc) is 2.65. The van der Waals surface area contributed by atoms with Crippen molar-refractivity contribution in [3.05, 3.63) is 71.3 Å². The van der Waals surface area contributed by atoms with Gasteiger partial charge in [-0.15, -0.1) is 0 Å². The van der Waals surface area contributed by atoms with Crippen LogP contribution in [-0.2, 0) is 0 Å². The van der Waals surface area contributed by atoms with Gasteiger partial charge in [0.05, 0.1) is 44.8 Å². The molecule has 24 heavy (non-hydrogen) atoms. The highest BCUT2D eigenvalue weighted by Crippen LogP contribution is 2.50. The average molecular weight is 310 g/mol. The molecule has 4 heteroatoms. The molecule has 0 saturated carbocycles. The summed E-state index contributed by atoms with van der Waals surface area (Å²) in [5.74, 6) is 0.462. The smallest absolute Gasteiger partial charge is 0.0890 e. The Morgan fingerprint density at radius 1 is 0.500 bits per heavy atom. The second-order valence-electron chi connectivity index (χ2n) is 6.65. The predicted octanol–water partition coefficient (Wildman–Crippen LogP) is 3.94. The molecule has 4 nitrogen and oxygen atoms in total. The first-order chi connectivity index (χ1) is 11.9. The molecule has 0 atom stereocenters. The van der Waals surface area contributed by atoms with Gasteiger partial charge in [-0.05, 0) is 37.1 Å². The van der Waals surface area contributed by atoms with Crippen molar-refractivity contribution in [3.63, 3.8) is 0 Å². The van der Waals surface area contributed by atoms with Gasteiger partial charge in [0.2, 0.25) is 0 Å². The van der Waals surface area contributed by atoms with Crippen molar-refractivity contribution in [2.45, 2.75) is 24.7 Å². The van der Waals surface area contributed by atoms with Crippen LogP contribution in [0.5, 0.6) is 0 Å². The molecule has 2 bridgehead atoms. The molecule has 0 N–H and O–H groups in total. The highest BCUT2D eigenvalue weighted by Gasteiger charge is 2.42. The van der Waals surface area contributed by atoms with Crippen LogP contribution in [0.4, 0.5) is 0 Å². The minimum atomic E-state index is 0.231. The fraction of sp³-hybridized carbons (Fsp3) is 0.200. The van der Waals surface area contributed by atoms with E-state index >= 15 is 0 Å². The molecule has 0 saturated heterocycles. The molecule has 0 fully saturated rings. The van der Waals surface area contributed by atoms with Gasteiger partial charge in [0.25, 0.3) is 0 Å². The molecule has 3 aliphatic rings. The van der Waals surface area contributed by atoms with Crippen LogP contribution in [0.25, 0.3) is 22.1 Å². The molecule has 114 valence electrons. The fourth-order valence-electron chi connectivity index (χ4n) is 4.22. The molecule has 0 radical (unpaired) electrons. The lowest BCUT2D eigenvalue weighted by Gasteiger charge is -2.36. The van der Waals surface area contributed by atoms with Crippen LogP contribution in [0.2, 0.25) is 0 Å². The molecule has 0 aliphatic heterocycles. The summed E-state index contributed by atoms with van der Waals surface area (Å²) in [5, 5.41) is 0. The summed E-state index contributed by atoms with van der Waals surface area (Å²) in [6, 6.07) is 16.2. The van der Waals surface area contributed by atoms with Gasteiger partial charge in [0.1, 0.15) is 0 Å². The number of benzene rings is 2. The number of hydrogen-bond acceptors (Lipinski definition) is 4. The molecule has 2 heterocycles. The van der Waals surface area contributed by atoms with Crippen molar-refractivity contribution in [2.75, 3.05) is 0 Å². The van der Waals surface area contributed by atoms with Crippen LogP contribution in [0.1, 0.15) is 47.5 Å². The van der Waals surface area contributed by atoms with Gasteiger partial charge < -0.3 is 0 Å². The maximum absolute atomic E-state index is 4.95. The first kappa shape index (κ1) is 12.5. The molecule has 0 amide bonds. The molecular weight excluding hydrogens is 296 g/mol. The first-order valence-corrected chi connectivity index (χ1v) is 8.41. The zero-order valence-corrected chi connectivity index (χ0v) is 13.0. The van der Waals surface area contributed by atoms with E-state index in [1.165, 1.54) is 0 Å². The van der Waals surface area contributed by atoms with E-state index in [2.05, 4.69) is 0 Å². The van der Waals surface area contributed by atoms with Gasteiger partial charge >= 0.3 is 0 Å². The highest BCUT2D eigenvalue weighted by atomic mass is 14.9. The Morgan fingerprint density at radius 3 is 1.08 bits per heavy atom. The predicted molar refractivity (Wildman–Crippen MR) is 92.0 cm³/mol. The lowest BCUT2D eigenvalue weighted by Crippen LogP contribution is -2.29. The molecule has 0 spiro atoms. The topological polar surface area (TPSA) is 51.6 Å². The zero-order chi connectivity index (χ0) is 15.7. The number of aromatic nitrogens is 4. The van der Waals surface area contributed by atoms with E-state index in [9.17, 15) is 0 Å². The van der Waals surface area contributed by atoms with Crippen molar-refractivity contribution in [2.24, 2.45) is 0 Å². The molecule has 2 aromatic carbocycles. The molecule has 7 rings (SSSR count). The van der Waals surface area contributed by atoms with Gasteiger partial charge in [-0.2, -0.15) is 0 Å². The maximum atomic E-state index is 4.95. The minimum Gasteiger partial charge on any atom is -0.249 e. The summed E-state index contributed by atoms with van der Waals surface area (Å²) in [7, 11) is 0. The second kappa shape index (κ2) is 4.35. The Kier molecular flexibility index (Phi) is 2.27. The number of nitrogens with zero attached hydrogens (tertiary/aromatic N) is 4. The normalized spacial score (nSPS) is 21.0. The van der Waals surface area contributed by atoms with Gasteiger partial charge in [-0.25, -0.2) is 19.9 Å². The molecular formula is C20H14N4. The Labute approximate surface area is 138 Å². The van der Waals surface area contributed by atoms with Crippen LogP contribution in [-0.4, -0.2) is 19.9 Å². The van der Waals surface area contributed by atoms with E-state index in [4.69, 9.17) is 19.9 Å². The van der Waals surface area contributed by atoms with Crippen LogP contribution < -0.4 is 0 Å². The quantitative estimate of drug-likeness (QED) is 0.493. The van der Waals surface area contributed by atoms with E-state index < -0.39 is 0 Å². The maximum Gasteiger partial charge on any atom is 0.0890 e. The van der Waals surface area contributed by atoms with E-state index in [-0.39, 0.29) is 11.8 Å². The van der Waals surface area contributed by atoms with Crippen molar-refractivity contribution in [1.29, 1.82) is 0 Å². The summed E-state index contributed by atoms with van der Waals surface area (Å²) in [5.41, 5.74) is 8.34. The number of fused-ring (bicyclic) bond motifs is 3. The summed E-state index contributed by atoms with van der Waals surface area (Å²) < 4.78 is 0. The Bertz CT molecular complexity index is 959. The summed E-state index contributed by atoms with van der Waals surface area (Å²) >= 11 is 0. The molecule has 3 aliphatic carbocycles. The van der Waals surface area contributed by atoms with E-state index in [0.29, 0.717) is 0 Å². The lowest BCUT2D eigenvalue weighted by molar-refractivity contribution is 0.478. The minimum absolute atomic E-state index is 0.231. The van der Waals surface area contributed by atoms with Crippen molar-refractivity contribution < 1.29 is 0 Å². The van der Waals surface area contributed by atoms with Crippen LogP contribution in [0.3, 0.4) is 0 Å². The van der Waals surface area contributed by atoms with Crippen molar-refractivity contribution in [1.82, 2.24) is 19.9 Å². The van der Waals surface area contributed by atoms with Gasteiger partial charge in [-0.1, -0.05) is 24.3 Å². The van der Waals surface area contributed by atoms with Crippen molar-refractivity contribution in [3.8, 4) is 0 Å². The zero-order valence-electron chi connectivity index (χ0n) is 13.0. The lowest BCUT2D eigenvalue weighted by atomic mass is 9.71. The SMILES string of the molecule is c1ccc2nc3c(nc2c1)C1CCC3c2nc3ccccc3nc21. The van der Waals surface area contributed by atoms with E-state index in [1.807, 2.05) is 48.5 Å². The Morgan fingerprint density at radius 2 is 0.792 bits per heavy atom. The fourth-order valence-corrected chi connectivity index (χ4v) is 4.22. The van der Waals surface area contributed by atoms with Gasteiger partial charge in [-0.3, -0.25) is 0 Å². The van der Waals surface area contributed by atoms with Gasteiger partial charge in [0, 0.05) is 11.8 Å². The first-order valence-electron chi connectivity index (χ1n) is 8.41. The Balaban J connectivity index is 1.67. The number of hydrogen-bond donors (Lipinski definition) is 0.